The summed E-state index contributed by atoms with van der Waals surface area (Å²) in [5.41, 5.74) is 2.23. The van der Waals surface area contributed by atoms with Gasteiger partial charge >= 0.3 is 0 Å². The summed E-state index contributed by atoms with van der Waals surface area (Å²) in [6.07, 6.45) is -0.220. The van der Waals surface area contributed by atoms with Crippen LogP contribution in [0.5, 0.6) is 0 Å². The lowest BCUT2D eigenvalue weighted by atomic mass is 10.1. The molecule has 1 aliphatic heterocycles. The van der Waals surface area contributed by atoms with Crippen molar-refractivity contribution in [2.45, 2.75) is 26.8 Å². The summed E-state index contributed by atoms with van der Waals surface area (Å²) >= 11 is 0. The lowest BCUT2D eigenvalue weighted by Crippen LogP contribution is -2.33. The van der Waals surface area contributed by atoms with Gasteiger partial charge in [-0.05, 0) is 41.8 Å². The van der Waals surface area contributed by atoms with Crippen LogP contribution in [0.4, 0.5) is 5.69 Å². The maximum absolute atomic E-state index is 12.6. The van der Waals surface area contributed by atoms with E-state index >= 15 is 0 Å². The van der Waals surface area contributed by atoms with Gasteiger partial charge in [-0.3, -0.25) is 24.1 Å². The van der Waals surface area contributed by atoms with Crippen molar-refractivity contribution in [3.63, 3.8) is 0 Å². The molecule has 1 aliphatic rings. The van der Waals surface area contributed by atoms with Crippen LogP contribution in [0.25, 0.3) is 0 Å². The van der Waals surface area contributed by atoms with Crippen molar-refractivity contribution in [2.24, 2.45) is 5.92 Å². The molecule has 0 spiro atoms. The SMILES string of the molecule is CC(C)CN1C(=O)c2ccc(C(=O)NCc3ccc(NC(=O)CC#N)cc3)cc2C1=O. The number of imide groups is 1. The predicted octanol–water partition coefficient (Wildman–Crippen LogP) is 2.72. The van der Waals surface area contributed by atoms with Gasteiger partial charge in [-0.25, -0.2) is 0 Å². The minimum absolute atomic E-state index is 0.149. The van der Waals surface area contributed by atoms with Gasteiger partial charge < -0.3 is 10.6 Å². The molecule has 4 amide bonds. The summed E-state index contributed by atoms with van der Waals surface area (Å²) in [6.45, 7) is 4.43. The molecular formula is C23H22N4O4. The number of nitrogens with one attached hydrogen (secondary N) is 2. The molecule has 3 rings (SSSR count). The van der Waals surface area contributed by atoms with E-state index in [1.54, 1.807) is 30.3 Å². The lowest BCUT2D eigenvalue weighted by Gasteiger charge is -2.15. The Bertz CT molecular complexity index is 1080. The quantitative estimate of drug-likeness (QED) is 0.670. The zero-order chi connectivity index (χ0) is 22.5. The summed E-state index contributed by atoms with van der Waals surface area (Å²) in [5, 5.41) is 13.9. The number of benzene rings is 2. The van der Waals surface area contributed by atoms with Crippen molar-refractivity contribution in [3.8, 4) is 6.07 Å². The minimum atomic E-state index is -0.389. The number of hydrogen-bond donors (Lipinski definition) is 2. The van der Waals surface area contributed by atoms with Gasteiger partial charge in [-0.2, -0.15) is 5.26 Å². The Labute approximate surface area is 179 Å². The number of carbonyl (C=O) groups is 4. The lowest BCUT2D eigenvalue weighted by molar-refractivity contribution is -0.115. The third-order valence-corrected chi connectivity index (χ3v) is 4.71. The van der Waals surface area contributed by atoms with Gasteiger partial charge in [0.15, 0.2) is 0 Å². The van der Waals surface area contributed by atoms with E-state index in [1.165, 1.54) is 23.1 Å². The van der Waals surface area contributed by atoms with E-state index in [-0.39, 0.29) is 48.1 Å². The van der Waals surface area contributed by atoms with Crippen LogP contribution < -0.4 is 10.6 Å². The Kier molecular flexibility index (Phi) is 6.46. The van der Waals surface area contributed by atoms with Gasteiger partial charge in [-0.1, -0.05) is 26.0 Å². The largest absolute Gasteiger partial charge is 0.348 e. The monoisotopic (exact) mass is 418 g/mol. The molecule has 2 aromatic carbocycles. The number of carbonyl (C=O) groups excluding carboxylic acids is 4. The first-order valence-electron chi connectivity index (χ1n) is 9.84. The molecule has 0 fully saturated rings. The van der Waals surface area contributed by atoms with Gasteiger partial charge in [0, 0.05) is 24.3 Å². The third-order valence-electron chi connectivity index (χ3n) is 4.71. The number of amides is 4. The van der Waals surface area contributed by atoms with Gasteiger partial charge in [0.05, 0.1) is 17.2 Å². The molecule has 0 aliphatic carbocycles. The van der Waals surface area contributed by atoms with Crippen molar-refractivity contribution in [3.05, 3.63) is 64.7 Å². The van der Waals surface area contributed by atoms with E-state index in [0.717, 1.165) is 5.56 Å². The molecule has 8 nitrogen and oxygen atoms in total. The standard InChI is InChI=1S/C23H22N4O4/c1-14(2)13-27-22(30)18-8-5-16(11-19(18)23(27)31)21(29)25-12-15-3-6-17(7-4-15)26-20(28)9-10-24/h3-8,11,14H,9,12-13H2,1-2H3,(H,25,29)(H,26,28). The average molecular weight is 418 g/mol. The van der Waals surface area contributed by atoms with Crippen LogP contribution in [0, 0.1) is 17.2 Å². The van der Waals surface area contributed by atoms with E-state index in [0.29, 0.717) is 23.4 Å². The van der Waals surface area contributed by atoms with Crippen molar-refractivity contribution >= 4 is 29.3 Å². The van der Waals surface area contributed by atoms with Crippen LogP contribution in [0.1, 0.15) is 56.9 Å². The highest BCUT2D eigenvalue weighted by Gasteiger charge is 2.36. The van der Waals surface area contributed by atoms with Crippen molar-refractivity contribution < 1.29 is 19.2 Å². The summed E-state index contributed by atoms with van der Waals surface area (Å²) in [7, 11) is 0. The number of fused-ring (bicyclic) bond motifs is 1. The van der Waals surface area contributed by atoms with Crippen molar-refractivity contribution in [1.29, 1.82) is 5.26 Å². The zero-order valence-electron chi connectivity index (χ0n) is 17.3. The molecule has 0 radical (unpaired) electrons. The molecule has 158 valence electrons. The van der Waals surface area contributed by atoms with E-state index in [4.69, 9.17) is 5.26 Å². The second kappa shape index (κ2) is 9.22. The first-order valence-corrected chi connectivity index (χ1v) is 9.84. The maximum atomic E-state index is 12.6. The Morgan fingerprint density at radius 2 is 1.71 bits per heavy atom. The maximum Gasteiger partial charge on any atom is 0.261 e. The Morgan fingerprint density at radius 1 is 1.03 bits per heavy atom. The van der Waals surface area contributed by atoms with Crippen LogP contribution in [0.15, 0.2) is 42.5 Å². The van der Waals surface area contributed by atoms with Crippen molar-refractivity contribution in [2.75, 3.05) is 11.9 Å². The summed E-state index contributed by atoms with van der Waals surface area (Å²) in [6, 6.07) is 13.1. The van der Waals surface area contributed by atoms with Crippen LogP contribution >= 0.6 is 0 Å². The molecule has 0 saturated heterocycles. The Balaban J connectivity index is 1.63. The number of hydrogen-bond acceptors (Lipinski definition) is 5. The molecule has 2 aromatic rings. The van der Waals surface area contributed by atoms with Gasteiger partial charge in [0.1, 0.15) is 6.42 Å². The van der Waals surface area contributed by atoms with Gasteiger partial charge in [0.25, 0.3) is 17.7 Å². The first-order chi connectivity index (χ1) is 14.8. The molecule has 1 heterocycles. The van der Waals surface area contributed by atoms with E-state index < -0.39 is 0 Å². The highest BCUT2D eigenvalue weighted by molar-refractivity contribution is 6.22. The number of anilines is 1. The molecule has 0 aromatic heterocycles. The molecular weight excluding hydrogens is 396 g/mol. The fourth-order valence-corrected chi connectivity index (χ4v) is 3.23. The highest BCUT2D eigenvalue weighted by Crippen LogP contribution is 2.25. The van der Waals surface area contributed by atoms with E-state index in [2.05, 4.69) is 10.6 Å². The summed E-state index contributed by atoms with van der Waals surface area (Å²) in [4.78, 5) is 50.2. The summed E-state index contributed by atoms with van der Waals surface area (Å²) in [5.74, 6) is -1.31. The molecule has 0 bridgehead atoms. The number of rotatable bonds is 7. The molecule has 0 unspecified atom stereocenters. The van der Waals surface area contributed by atoms with Crippen LogP contribution in [-0.2, 0) is 11.3 Å². The van der Waals surface area contributed by atoms with Gasteiger partial charge in [-0.15, -0.1) is 0 Å². The van der Waals surface area contributed by atoms with Crippen LogP contribution in [-0.4, -0.2) is 35.1 Å². The van der Waals surface area contributed by atoms with Gasteiger partial charge in [0.2, 0.25) is 5.91 Å². The number of nitriles is 1. The highest BCUT2D eigenvalue weighted by atomic mass is 16.2. The van der Waals surface area contributed by atoms with Crippen molar-refractivity contribution in [1.82, 2.24) is 10.2 Å². The fourth-order valence-electron chi connectivity index (χ4n) is 3.23. The third kappa shape index (κ3) is 4.95. The molecule has 0 saturated carbocycles. The average Bonchev–Trinajstić information content (AvgIpc) is 2.97. The Hall–Kier alpha value is -3.99. The second-order valence-electron chi connectivity index (χ2n) is 7.64. The smallest absolute Gasteiger partial charge is 0.261 e. The topological polar surface area (TPSA) is 119 Å². The molecule has 0 atom stereocenters. The van der Waals surface area contributed by atoms with Crippen LogP contribution in [0.2, 0.25) is 0 Å². The Morgan fingerprint density at radius 3 is 2.35 bits per heavy atom. The normalized spacial score (nSPS) is 12.5. The van der Waals surface area contributed by atoms with E-state index in [1.807, 2.05) is 13.8 Å². The predicted molar refractivity (Wildman–Crippen MR) is 113 cm³/mol. The number of nitrogens with zero attached hydrogens (tertiary/aromatic N) is 2. The van der Waals surface area contributed by atoms with E-state index in [9.17, 15) is 19.2 Å². The summed E-state index contributed by atoms with van der Waals surface area (Å²) < 4.78 is 0. The minimum Gasteiger partial charge on any atom is -0.348 e. The molecule has 2 N–H and O–H groups in total. The second-order valence-corrected chi connectivity index (χ2v) is 7.64. The first kappa shape index (κ1) is 21.7. The fraction of sp³-hybridized carbons (Fsp3) is 0.261. The molecule has 8 heteroatoms. The van der Waals surface area contributed by atoms with Crippen LogP contribution in [0.3, 0.4) is 0 Å². The zero-order valence-corrected chi connectivity index (χ0v) is 17.3. The molecule has 31 heavy (non-hydrogen) atoms.